The third-order valence-electron chi connectivity index (χ3n) is 4.04. The summed E-state index contributed by atoms with van der Waals surface area (Å²) >= 11 is 0. The van der Waals surface area contributed by atoms with Gasteiger partial charge in [0.25, 0.3) is 0 Å². The number of amides is 1. The van der Waals surface area contributed by atoms with Gasteiger partial charge in [-0.15, -0.1) is 0 Å². The van der Waals surface area contributed by atoms with E-state index < -0.39 is 0 Å². The molecule has 1 amide bonds. The zero-order valence-corrected chi connectivity index (χ0v) is 12.8. The first-order valence-electron chi connectivity index (χ1n) is 7.84. The van der Waals surface area contributed by atoms with Crippen molar-refractivity contribution in [2.75, 3.05) is 19.7 Å². The topological polar surface area (TPSA) is 79.3 Å². The maximum Gasteiger partial charge on any atom is 0.231 e. The molecule has 0 heterocycles. The van der Waals surface area contributed by atoms with Gasteiger partial charge in [-0.3, -0.25) is 9.69 Å². The largest absolute Gasteiger partial charge is 0.494 e. The molecule has 0 aliphatic heterocycles. The normalized spacial score (nSPS) is 14.9. The third-order valence-corrected chi connectivity index (χ3v) is 4.04. The molecule has 5 heteroatoms. The van der Waals surface area contributed by atoms with Gasteiger partial charge < -0.3 is 10.5 Å². The van der Waals surface area contributed by atoms with Crippen LogP contribution >= 0.6 is 0 Å². The summed E-state index contributed by atoms with van der Waals surface area (Å²) in [4.78, 5) is 13.4. The van der Waals surface area contributed by atoms with E-state index in [1.807, 2.05) is 0 Å². The summed E-state index contributed by atoms with van der Waals surface area (Å²) in [5, 5.41) is 8.75. The number of nitrogens with zero attached hydrogens (tertiary/aromatic N) is 2. The van der Waals surface area contributed by atoms with Crippen molar-refractivity contribution in [2.24, 2.45) is 5.73 Å². The number of nitriles is 1. The highest BCUT2D eigenvalue weighted by Gasteiger charge is 2.23. The van der Waals surface area contributed by atoms with E-state index in [0.717, 1.165) is 31.6 Å². The Hall–Kier alpha value is -2.06. The zero-order valence-electron chi connectivity index (χ0n) is 12.8. The lowest BCUT2D eigenvalue weighted by Gasteiger charge is -2.27. The van der Waals surface area contributed by atoms with E-state index >= 15 is 0 Å². The van der Waals surface area contributed by atoms with Crippen molar-refractivity contribution in [3.63, 3.8) is 0 Å². The predicted molar refractivity (Wildman–Crippen MR) is 84.3 cm³/mol. The molecule has 2 rings (SSSR count). The Morgan fingerprint density at radius 3 is 2.59 bits per heavy atom. The molecule has 0 atom stereocenters. The highest BCUT2D eigenvalue weighted by atomic mass is 16.5. The van der Waals surface area contributed by atoms with E-state index in [9.17, 15) is 4.79 Å². The van der Waals surface area contributed by atoms with E-state index in [0.29, 0.717) is 24.8 Å². The molecule has 1 aliphatic carbocycles. The van der Waals surface area contributed by atoms with Crippen molar-refractivity contribution >= 4 is 5.91 Å². The Morgan fingerprint density at radius 2 is 2.00 bits per heavy atom. The molecule has 0 unspecified atom stereocenters. The fraction of sp³-hybridized carbons (Fsp3) is 0.529. The van der Waals surface area contributed by atoms with Gasteiger partial charge in [-0.05, 0) is 43.5 Å². The molecular formula is C17H23N3O2. The number of carbonyl (C=O) groups excluding carboxylic acids is 1. The van der Waals surface area contributed by atoms with Crippen LogP contribution in [0.1, 0.15) is 37.7 Å². The first-order chi connectivity index (χ1) is 10.7. The fourth-order valence-electron chi connectivity index (χ4n) is 2.94. The summed E-state index contributed by atoms with van der Waals surface area (Å²) in [5.41, 5.74) is 5.97. The number of rotatable bonds is 8. The van der Waals surface area contributed by atoms with Crippen LogP contribution < -0.4 is 10.5 Å². The average molecular weight is 301 g/mol. The Bertz CT molecular complexity index is 516. The fourth-order valence-corrected chi connectivity index (χ4v) is 2.94. The molecule has 1 aromatic rings. The van der Waals surface area contributed by atoms with Crippen LogP contribution in [0.2, 0.25) is 0 Å². The lowest BCUT2D eigenvalue weighted by Crippen LogP contribution is -2.41. The van der Waals surface area contributed by atoms with Crippen molar-refractivity contribution in [1.29, 1.82) is 5.26 Å². The standard InChI is InChI=1S/C17H23N3O2/c18-12-14-6-8-16(9-7-14)22-11-3-10-20(13-17(19)21)15-4-1-2-5-15/h6-9,15H,1-5,10-11,13H2,(H2,19,21). The molecule has 118 valence electrons. The SMILES string of the molecule is N#Cc1ccc(OCCCN(CC(N)=O)C2CCCC2)cc1. The second kappa shape index (κ2) is 8.40. The van der Waals surface area contributed by atoms with Gasteiger partial charge in [-0.25, -0.2) is 0 Å². The Labute approximate surface area is 131 Å². The molecule has 1 aromatic carbocycles. The number of nitrogens with two attached hydrogens (primary N) is 1. The van der Waals surface area contributed by atoms with Crippen LogP contribution in [-0.4, -0.2) is 36.5 Å². The predicted octanol–water partition coefficient (Wildman–Crippen LogP) is 2.06. The van der Waals surface area contributed by atoms with Crippen LogP contribution in [0.3, 0.4) is 0 Å². The maximum atomic E-state index is 11.2. The second-order valence-electron chi connectivity index (χ2n) is 5.71. The molecule has 5 nitrogen and oxygen atoms in total. The molecule has 0 bridgehead atoms. The quantitative estimate of drug-likeness (QED) is 0.745. The van der Waals surface area contributed by atoms with Gasteiger partial charge in [0.15, 0.2) is 0 Å². The van der Waals surface area contributed by atoms with Crippen molar-refractivity contribution < 1.29 is 9.53 Å². The zero-order chi connectivity index (χ0) is 15.8. The molecule has 0 saturated heterocycles. The summed E-state index contributed by atoms with van der Waals surface area (Å²) in [6.45, 7) is 1.75. The summed E-state index contributed by atoms with van der Waals surface area (Å²) in [7, 11) is 0. The molecule has 1 fully saturated rings. The van der Waals surface area contributed by atoms with E-state index in [-0.39, 0.29) is 5.91 Å². The van der Waals surface area contributed by atoms with Crippen LogP contribution in [0.15, 0.2) is 24.3 Å². The van der Waals surface area contributed by atoms with Crippen molar-refractivity contribution in [2.45, 2.75) is 38.1 Å². The number of hydrogen-bond acceptors (Lipinski definition) is 4. The van der Waals surface area contributed by atoms with E-state index in [1.54, 1.807) is 24.3 Å². The molecular weight excluding hydrogens is 278 g/mol. The van der Waals surface area contributed by atoms with Gasteiger partial charge in [-0.1, -0.05) is 12.8 Å². The van der Waals surface area contributed by atoms with Gasteiger partial charge >= 0.3 is 0 Å². The van der Waals surface area contributed by atoms with Gasteiger partial charge in [0.05, 0.1) is 24.8 Å². The smallest absolute Gasteiger partial charge is 0.231 e. The summed E-state index contributed by atoms with van der Waals surface area (Å²) < 4.78 is 5.67. The van der Waals surface area contributed by atoms with Gasteiger partial charge in [0.2, 0.25) is 5.91 Å². The number of primary amides is 1. The molecule has 1 saturated carbocycles. The number of carbonyl (C=O) groups is 1. The van der Waals surface area contributed by atoms with Crippen molar-refractivity contribution in [3.05, 3.63) is 29.8 Å². The van der Waals surface area contributed by atoms with Gasteiger partial charge in [0, 0.05) is 12.6 Å². The van der Waals surface area contributed by atoms with Crippen LogP contribution in [0.25, 0.3) is 0 Å². The molecule has 0 radical (unpaired) electrons. The minimum absolute atomic E-state index is 0.264. The van der Waals surface area contributed by atoms with E-state index in [2.05, 4.69) is 11.0 Å². The molecule has 22 heavy (non-hydrogen) atoms. The van der Waals surface area contributed by atoms with Crippen LogP contribution in [0.4, 0.5) is 0 Å². The Balaban J connectivity index is 1.74. The van der Waals surface area contributed by atoms with Crippen molar-refractivity contribution in [1.82, 2.24) is 4.90 Å². The first-order valence-corrected chi connectivity index (χ1v) is 7.84. The first kappa shape index (κ1) is 16.3. The number of hydrogen-bond donors (Lipinski definition) is 1. The van der Waals surface area contributed by atoms with Gasteiger partial charge in [0.1, 0.15) is 5.75 Å². The lowest BCUT2D eigenvalue weighted by molar-refractivity contribution is -0.119. The number of ether oxygens (including phenoxy) is 1. The molecule has 0 spiro atoms. The molecule has 1 aliphatic rings. The minimum atomic E-state index is -0.264. The molecule has 0 aromatic heterocycles. The molecule has 2 N–H and O–H groups in total. The van der Waals surface area contributed by atoms with Gasteiger partial charge in [-0.2, -0.15) is 5.26 Å². The average Bonchev–Trinajstić information content (AvgIpc) is 3.05. The summed E-state index contributed by atoms with van der Waals surface area (Å²) in [5.74, 6) is 0.501. The lowest BCUT2D eigenvalue weighted by atomic mass is 10.2. The second-order valence-corrected chi connectivity index (χ2v) is 5.71. The summed E-state index contributed by atoms with van der Waals surface area (Å²) in [6.07, 6.45) is 5.64. The minimum Gasteiger partial charge on any atom is -0.494 e. The third kappa shape index (κ3) is 5.05. The monoisotopic (exact) mass is 301 g/mol. The van der Waals surface area contributed by atoms with E-state index in [4.69, 9.17) is 15.7 Å². The van der Waals surface area contributed by atoms with Crippen LogP contribution in [0, 0.1) is 11.3 Å². The van der Waals surface area contributed by atoms with Crippen LogP contribution in [-0.2, 0) is 4.79 Å². The Morgan fingerprint density at radius 1 is 1.32 bits per heavy atom. The van der Waals surface area contributed by atoms with Crippen LogP contribution in [0.5, 0.6) is 5.75 Å². The summed E-state index contributed by atoms with van der Waals surface area (Å²) in [6, 6.07) is 9.66. The highest BCUT2D eigenvalue weighted by Crippen LogP contribution is 2.23. The maximum absolute atomic E-state index is 11.2. The number of benzene rings is 1. The highest BCUT2D eigenvalue weighted by molar-refractivity contribution is 5.75. The Kier molecular flexibility index (Phi) is 6.23. The van der Waals surface area contributed by atoms with Crippen molar-refractivity contribution in [3.8, 4) is 11.8 Å². The van der Waals surface area contributed by atoms with E-state index in [1.165, 1.54) is 12.8 Å².